The number of nitrogens with one attached hydrogen (secondary N) is 1. The molecule has 0 fully saturated rings. The van der Waals surface area contributed by atoms with Crippen LogP contribution in [0.4, 0.5) is 13.2 Å². The van der Waals surface area contributed by atoms with Crippen LogP contribution >= 0.6 is 11.8 Å². The molecule has 0 radical (unpaired) electrons. The SMILES string of the molecule is CSCC(C)(O)CNC(=O)C=C(c1ccccc1)C(F)(F)F. The third kappa shape index (κ3) is 6.11. The maximum absolute atomic E-state index is 13.1. The number of allylic oxidation sites excluding steroid dienone is 1. The summed E-state index contributed by atoms with van der Waals surface area (Å²) >= 11 is 1.38. The molecule has 0 bridgehead atoms. The fraction of sp³-hybridized carbons (Fsp3) is 0.400. The number of rotatable bonds is 6. The van der Waals surface area contributed by atoms with E-state index in [1.165, 1.54) is 43.0 Å². The molecule has 1 amide bonds. The fourth-order valence-electron chi connectivity index (χ4n) is 1.77. The van der Waals surface area contributed by atoms with E-state index in [2.05, 4.69) is 5.32 Å². The summed E-state index contributed by atoms with van der Waals surface area (Å²) in [5, 5.41) is 12.2. The highest BCUT2D eigenvalue weighted by atomic mass is 32.2. The van der Waals surface area contributed by atoms with Crippen LogP contribution in [0.5, 0.6) is 0 Å². The molecule has 3 nitrogen and oxygen atoms in total. The molecular formula is C15H18F3NO2S. The molecule has 0 aliphatic carbocycles. The van der Waals surface area contributed by atoms with E-state index in [9.17, 15) is 23.1 Å². The van der Waals surface area contributed by atoms with Crippen molar-refractivity contribution in [3.63, 3.8) is 0 Å². The van der Waals surface area contributed by atoms with E-state index < -0.39 is 23.3 Å². The van der Waals surface area contributed by atoms with Crippen molar-refractivity contribution in [2.75, 3.05) is 18.6 Å². The first-order chi connectivity index (χ1) is 10.2. The fourth-order valence-corrected chi connectivity index (χ4v) is 2.49. The van der Waals surface area contributed by atoms with Gasteiger partial charge in [0.25, 0.3) is 0 Å². The predicted octanol–water partition coefficient (Wildman–Crippen LogP) is 2.86. The lowest BCUT2D eigenvalue weighted by molar-refractivity contribution is -0.117. The predicted molar refractivity (Wildman–Crippen MR) is 82.5 cm³/mol. The van der Waals surface area contributed by atoms with Gasteiger partial charge in [-0.3, -0.25) is 4.79 Å². The molecule has 7 heteroatoms. The Kier molecular flexibility index (Phi) is 6.49. The lowest BCUT2D eigenvalue weighted by atomic mass is 10.0. The zero-order valence-electron chi connectivity index (χ0n) is 12.3. The highest BCUT2D eigenvalue weighted by molar-refractivity contribution is 7.98. The summed E-state index contributed by atoms with van der Waals surface area (Å²) in [7, 11) is 0. The molecule has 1 aromatic carbocycles. The van der Waals surface area contributed by atoms with Gasteiger partial charge in [0, 0.05) is 18.4 Å². The average Bonchev–Trinajstić information content (AvgIpc) is 2.42. The summed E-state index contributed by atoms with van der Waals surface area (Å²) in [6.45, 7) is 1.39. The van der Waals surface area contributed by atoms with E-state index in [0.717, 1.165) is 0 Å². The van der Waals surface area contributed by atoms with Gasteiger partial charge in [0.2, 0.25) is 5.91 Å². The van der Waals surface area contributed by atoms with Crippen LogP contribution in [0.2, 0.25) is 0 Å². The number of carbonyl (C=O) groups is 1. The maximum atomic E-state index is 13.1. The number of hydrogen-bond acceptors (Lipinski definition) is 3. The summed E-state index contributed by atoms with van der Waals surface area (Å²) < 4.78 is 39.2. The first-order valence-corrected chi connectivity index (χ1v) is 7.88. The van der Waals surface area contributed by atoms with Crippen molar-refractivity contribution in [2.24, 2.45) is 0 Å². The summed E-state index contributed by atoms with van der Waals surface area (Å²) in [6, 6.07) is 7.11. The van der Waals surface area contributed by atoms with E-state index in [1.807, 2.05) is 0 Å². The van der Waals surface area contributed by atoms with Crippen molar-refractivity contribution in [3.05, 3.63) is 42.0 Å². The van der Waals surface area contributed by atoms with Crippen LogP contribution in [0.1, 0.15) is 12.5 Å². The van der Waals surface area contributed by atoms with Crippen molar-refractivity contribution < 1.29 is 23.1 Å². The zero-order valence-corrected chi connectivity index (χ0v) is 13.1. The second-order valence-corrected chi connectivity index (χ2v) is 5.94. The number of halogens is 3. The van der Waals surface area contributed by atoms with Gasteiger partial charge in [-0.05, 0) is 18.7 Å². The van der Waals surface area contributed by atoms with Crippen molar-refractivity contribution >= 4 is 23.2 Å². The molecule has 122 valence electrons. The van der Waals surface area contributed by atoms with Gasteiger partial charge in [0.05, 0.1) is 11.2 Å². The number of amides is 1. The summed E-state index contributed by atoms with van der Waals surface area (Å²) in [5.41, 5.74) is -2.27. The third-order valence-electron chi connectivity index (χ3n) is 2.76. The van der Waals surface area contributed by atoms with Crippen LogP contribution in [0.25, 0.3) is 5.57 Å². The molecule has 0 spiro atoms. The Morgan fingerprint density at radius 2 is 1.91 bits per heavy atom. The number of hydrogen-bond donors (Lipinski definition) is 2. The van der Waals surface area contributed by atoms with E-state index in [4.69, 9.17) is 0 Å². The normalized spacial score (nSPS) is 15.3. The molecule has 2 N–H and O–H groups in total. The van der Waals surface area contributed by atoms with Gasteiger partial charge >= 0.3 is 6.18 Å². The Bertz CT molecular complexity index is 527. The van der Waals surface area contributed by atoms with Gasteiger partial charge in [-0.1, -0.05) is 30.3 Å². The number of thioether (sulfide) groups is 1. The Balaban J connectivity index is 2.88. The third-order valence-corrected chi connectivity index (χ3v) is 3.67. The molecule has 0 heterocycles. The molecule has 0 saturated carbocycles. The second-order valence-electron chi connectivity index (χ2n) is 5.07. The molecule has 0 saturated heterocycles. The van der Waals surface area contributed by atoms with Crippen molar-refractivity contribution in [1.29, 1.82) is 0 Å². The number of carbonyl (C=O) groups excluding carboxylic acids is 1. The molecular weight excluding hydrogens is 315 g/mol. The van der Waals surface area contributed by atoms with Gasteiger partial charge < -0.3 is 10.4 Å². The van der Waals surface area contributed by atoms with Gasteiger partial charge in [0.1, 0.15) is 0 Å². The molecule has 1 aromatic rings. The molecule has 1 atom stereocenters. The highest BCUT2D eigenvalue weighted by Crippen LogP contribution is 2.33. The molecule has 1 unspecified atom stereocenters. The van der Waals surface area contributed by atoms with E-state index >= 15 is 0 Å². The van der Waals surface area contributed by atoms with Crippen LogP contribution in [0.3, 0.4) is 0 Å². The molecule has 0 aromatic heterocycles. The van der Waals surface area contributed by atoms with E-state index in [0.29, 0.717) is 11.8 Å². The smallest absolute Gasteiger partial charge is 0.387 e. The van der Waals surface area contributed by atoms with Gasteiger partial charge in [0.15, 0.2) is 0 Å². The van der Waals surface area contributed by atoms with Crippen molar-refractivity contribution in [2.45, 2.75) is 18.7 Å². The minimum atomic E-state index is -4.64. The van der Waals surface area contributed by atoms with Crippen molar-refractivity contribution in [1.82, 2.24) is 5.32 Å². The van der Waals surface area contributed by atoms with Crippen LogP contribution in [-0.4, -0.2) is 41.3 Å². The Hall–Kier alpha value is -1.47. The Morgan fingerprint density at radius 1 is 1.32 bits per heavy atom. The number of benzene rings is 1. The van der Waals surface area contributed by atoms with Crippen LogP contribution in [0.15, 0.2) is 36.4 Å². The monoisotopic (exact) mass is 333 g/mol. The van der Waals surface area contributed by atoms with Crippen molar-refractivity contribution in [3.8, 4) is 0 Å². The second kappa shape index (κ2) is 7.69. The van der Waals surface area contributed by atoms with E-state index in [-0.39, 0.29) is 12.1 Å². The lowest BCUT2D eigenvalue weighted by Gasteiger charge is -2.22. The van der Waals surface area contributed by atoms with E-state index in [1.54, 1.807) is 12.3 Å². The summed E-state index contributed by atoms with van der Waals surface area (Å²) in [4.78, 5) is 11.7. The average molecular weight is 333 g/mol. The van der Waals surface area contributed by atoms with Gasteiger partial charge in [-0.2, -0.15) is 24.9 Å². The zero-order chi connectivity index (χ0) is 16.8. The molecule has 1 rings (SSSR count). The van der Waals surface area contributed by atoms with Crippen LogP contribution < -0.4 is 5.32 Å². The first-order valence-electron chi connectivity index (χ1n) is 6.49. The standard InChI is InChI=1S/C15H18F3NO2S/c1-14(21,10-22-2)9-19-13(20)8-12(15(16,17)18)11-6-4-3-5-7-11/h3-8,21H,9-10H2,1-2H3,(H,19,20). The largest absolute Gasteiger partial charge is 0.417 e. The van der Waals surface area contributed by atoms with Crippen LogP contribution in [0, 0.1) is 0 Å². The summed E-state index contributed by atoms with van der Waals surface area (Å²) in [5.74, 6) is -0.528. The topological polar surface area (TPSA) is 49.3 Å². The maximum Gasteiger partial charge on any atom is 0.417 e. The minimum absolute atomic E-state index is 0.0824. The molecule has 0 aliphatic heterocycles. The Labute approximate surface area is 131 Å². The quantitative estimate of drug-likeness (QED) is 0.787. The summed E-state index contributed by atoms with van der Waals surface area (Å²) in [6.07, 6.45) is -2.33. The van der Waals surface area contributed by atoms with Crippen LogP contribution in [-0.2, 0) is 4.79 Å². The molecule has 0 aliphatic rings. The highest BCUT2D eigenvalue weighted by Gasteiger charge is 2.35. The molecule has 22 heavy (non-hydrogen) atoms. The number of alkyl halides is 3. The first kappa shape index (κ1) is 18.6. The Morgan fingerprint density at radius 3 is 2.41 bits per heavy atom. The lowest BCUT2D eigenvalue weighted by Crippen LogP contribution is -2.42. The minimum Gasteiger partial charge on any atom is -0.387 e. The van der Waals surface area contributed by atoms with Gasteiger partial charge in [-0.15, -0.1) is 0 Å². The van der Waals surface area contributed by atoms with Gasteiger partial charge in [-0.25, -0.2) is 0 Å². The number of aliphatic hydroxyl groups is 1.